The van der Waals surface area contributed by atoms with E-state index < -0.39 is 14.9 Å². The second-order valence-corrected chi connectivity index (χ2v) is 12.7. The molecule has 11 nitrogen and oxygen atoms in total. The van der Waals surface area contributed by atoms with Crippen molar-refractivity contribution in [3.05, 3.63) is 124 Å². The number of sulfonamides is 1. The maximum absolute atomic E-state index is 13.1. The number of aromatic nitrogens is 1. The number of nitrogens with zero attached hydrogens (tertiary/aromatic N) is 4. The predicted molar refractivity (Wildman–Crippen MR) is 175 cm³/mol. The van der Waals surface area contributed by atoms with E-state index >= 15 is 0 Å². The molecule has 0 radical (unpaired) electrons. The van der Waals surface area contributed by atoms with Crippen molar-refractivity contribution < 1.29 is 18.4 Å². The Balaban J connectivity index is 1.35. The SMILES string of the molecule is CN1CCN(Cc2ccc(N=C(c3ccccc3)c3c(O)[nH]c4ccc(NS(=O)(=O)c5cccc([N+](=O)[O-])c5)cc34)cc2)CC1. The van der Waals surface area contributed by atoms with Crippen molar-refractivity contribution in [2.45, 2.75) is 11.4 Å². The van der Waals surface area contributed by atoms with Gasteiger partial charge in [-0.3, -0.25) is 19.7 Å². The van der Waals surface area contributed by atoms with Crippen molar-refractivity contribution in [2.24, 2.45) is 4.99 Å². The number of nitrogens with one attached hydrogen (secondary N) is 2. The third-order valence-corrected chi connectivity index (χ3v) is 9.21. The number of piperazine rings is 1. The quantitative estimate of drug-likeness (QED) is 0.112. The van der Waals surface area contributed by atoms with E-state index in [-0.39, 0.29) is 22.2 Å². The molecule has 0 atom stereocenters. The number of anilines is 1. The van der Waals surface area contributed by atoms with Crippen LogP contribution in [0.3, 0.4) is 0 Å². The van der Waals surface area contributed by atoms with E-state index in [1.165, 1.54) is 23.8 Å². The molecule has 1 aliphatic rings. The molecule has 0 bridgehead atoms. The number of aliphatic imine (C=N–C) groups is 1. The number of rotatable bonds is 9. The van der Waals surface area contributed by atoms with Gasteiger partial charge in [0, 0.05) is 67.0 Å². The molecule has 2 heterocycles. The standard InChI is InChI=1S/C33H32N6O5S/c1-37-16-18-38(19-17-37)22-23-10-12-25(13-11-23)34-32(24-6-3-2-4-7-24)31-29-20-26(14-15-30(29)35-33(31)40)36-45(43,44)28-9-5-8-27(21-28)39(41)42/h2-15,20-21,35-36,40H,16-19,22H2,1H3. The molecular formula is C33H32N6O5S. The van der Waals surface area contributed by atoms with Gasteiger partial charge >= 0.3 is 0 Å². The lowest BCUT2D eigenvalue weighted by molar-refractivity contribution is -0.385. The molecular weight excluding hydrogens is 592 g/mol. The molecule has 5 aromatic rings. The van der Waals surface area contributed by atoms with Crippen molar-refractivity contribution >= 4 is 43.7 Å². The van der Waals surface area contributed by atoms with Gasteiger partial charge in [0.2, 0.25) is 0 Å². The number of aromatic amines is 1. The number of non-ortho nitro benzene ring substituents is 1. The van der Waals surface area contributed by atoms with Crippen LogP contribution in [0.5, 0.6) is 5.88 Å². The topological polar surface area (TPSA) is 144 Å². The second kappa shape index (κ2) is 12.5. The summed E-state index contributed by atoms with van der Waals surface area (Å²) in [6.07, 6.45) is 0. The van der Waals surface area contributed by atoms with Crippen molar-refractivity contribution in [3.8, 4) is 5.88 Å². The Morgan fingerprint density at radius 2 is 1.69 bits per heavy atom. The summed E-state index contributed by atoms with van der Waals surface area (Å²) in [5, 5.41) is 22.9. The number of nitro benzene ring substituents is 1. The van der Waals surface area contributed by atoms with Gasteiger partial charge in [0.1, 0.15) is 0 Å². The molecule has 4 aromatic carbocycles. The first-order chi connectivity index (χ1) is 21.7. The first-order valence-electron chi connectivity index (χ1n) is 14.4. The fourth-order valence-electron chi connectivity index (χ4n) is 5.39. The average Bonchev–Trinajstić information content (AvgIpc) is 3.36. The lowest BCUT2D eigenvalue weighted by Crippen LogP contribution is -2.43. The third kappa shape index (κ3) is 6.73. The summed E-state index contributed by atoms with van der Waals surface area (Å²) in [5.74, 6) is -0.113. The molecule has 3 N–H and O–H groups in total. The lowest BCUT2D eigenvalue weighted by Gasteiger charge is -2.32. The van der Waals surface area contributed by atoms with Crippen LogP contribution >= 0.6 is 0 Å². The zero-order valence-corrected chi connectivity index (χ0v) is 25.4. The van der Waals surface area contributed by atoms with Crippen molar-refractivity contribution in [3.63, 3.8) is 0 Å². The number of hydrogen-bond donors (Lipinski definition) is 3. The Morgan fingerprint density at radius 3 is 2.40 bits per heavy atom. The Labute approximate surface area is 260 Å². The summed E-state index contributed by atoms with van der Waals surface area (Å²) in [6.45, 7) is 5.01. The summed E-state index contributed by atoms with van der Waals surface area (Å²) in [7, 11) is -2.01. The highest BCUT2D eigenvalue weighted by molar-refractivity contribution is 7.92. The van der Waals surface area contributed by atoms with Crippen LogP contribution in [0.4, 0.5) is 17.1 Å². The van der Waals surface area contributed by atoms with Crippen LogP contribution in [0.15, 0.2) is 107 Å². The highest BCUT2D eigenvalue weighted by Gasteiger charge is 2.22. The fraction of sp³-hybridized carbons (Fsp3) is 0.182. The van der Waals surface area contributed by atoms with Gasteiger partial charge in [-0.05, 0) is 49.0 Å². The van der Waals surface area contributed by atoms with E-state index in [4.69, 9.17) is 4.99 Å². The molecule has 0 unspecified atom stereocenters. The highest BCUT2D eigenvalue weighted by Crippen LogP contribution is 2.34. The number of H-pyrrole nitrogens is 1. The molecule has 1 aromatic heterocycles. The molecule has 0 spiro atoms. The number of nitro groups is 1. The minimum atomic E-state index is -4.15. The number of aromatic hydroxyl groups is 1. The molecule has 1 aliphatic heterocycles. The zero-order valence-electron chi connectivity index (χ0n) is 24.6. The minimum Gasteiger partial charge on any atom is -0.494 e. The molecule has 12 heteroatoms. The predicted octanol–water partition coefficient (Wildman–Crippen LogP) is 5.50. The van der Waals surface area contributed by atoms with Gasteiger partial charge < -0.3 is 15.0 Å². The number of hydrogen-bond acceptors (Lipinski definition) is 8. The normalized spacial score (nSPS) is 14.9. The Kier molecular flexibility index (Phi) is 8.35. The van der Waals surface area contributed by atoms with Gasteiger partial charge in [-0.25, -0.2) is 13.4 Å². The monoisotopic (exact) mass is 624 g/mol. The molecule has 0 saturated carbocycles. The molecule has 230 valence electrons. The molecule has 1 saturated heterocycles. The molecule has 1 fully saturated rings. The van der Waals surface area contributed by atoms with Gasteiger partial charge in [-0.2, -0.15) is 0 Å². The van der Waals surface area contributed by atoms with Crippen molar-refractivity contribution in [1.29, 1.82) is 0 Å². The summed E-state index contributed by atoms with van der Waals surface area (Å²) in [6, 6.07) is 27.1. The second-order valence-electron chi connectivity index (χ2n) is 11.0. The van der Waals surface area contributed by atoms with Crippen LogP contribution in [-0.4, -0.2) is 72.2 Å². The first kappa shape index (κ1) is 30.0. The molecule has 0 aliphatic carbocycles. The lowest BCUT2D eigenvalue weighted by atomic mass is 10.0. The van der Waals surface area contributed by atoms with Gasteiger partial charge in [0.25, 0.3) is 15.7 Å². The van der Waals surface area contributed by atoms with Gasteiger partial charge in [0.05, 0.1) is 26.8 Å². The third-order valence-electron chi connectivity index (χ3n) is 7.83. The van der Waals surface area contributed by atoms with Gasteiger partial charge in [0.15, 0.2) is 5.88 Å². The Bertz CT molecular complexity index is 1980. The van der Waals surface area contributed by atoms with Crippen LogP contribution < -0.4 is 4.72 Å². The average molecular weight is 625 g/mol. The van der Waals surface area contributed by atoms with E-state index in [0.29, 0.717) is 27.9 Å². The largest absolute Gasteiger partial charge is 0.494 e. The minimum absolute atomic E-state index is 0.113. The smallest absolute Gasteiger partial charge is 0.270 e. The molecule has 6 rings (SSSR count). The van der Waals surface area contributed by atoms with E-state index in [1.54, 1.807) is 18.2 Å². The van der Waals surface area contributed by atoms with Crippen molar-refractivity contribution in [2.75, 3.05) is 37.9 Å². The number of likely N-dealkylation sites (N-methyl/N-ethyl adjacent to an activating group) is 1. The van der Waals surface area contributed by atoms with Crippen LogP contribution in [-0.2, 0) is 16.6 Å². The van der Waals surface area contributed by atoms with Crippen molar-refractivity contribution in [1.82, 2.24) is 14.8 Å². The Morgan fingerprint density at radius 1 is 0.956 bits per heavy atom. The van der Waals surface area contributed by atoms with Crippen LogP contribution in [0.1, 0.15) is 16.7 Å². The number of fused-ring (bicyclic) bond motifs is 1. The summed E-state index contributed by atoms with van der Waals surface area (Å²) < 4.78 is 28.8. The molecule has 45 heavy (non-hydrogen) atoms. The summed E-state index contributed by atoms with van der Waals surface area (Å²) >= 11 is 0. The van der Waals surface area contributed by atoms with Crippen LogP contribution in [0.2, 0.25) is 0 Å². The zero-order chi connectivity index (χ0) is 31.6. The summed E-state index contributed by atoms with van der Waals surface area (Å²) in [4.78, 5) is 23.0. The first-order valence-corrected chi connectivity index (χ1v) is 15.9. The van der Waals surface area contributed by atoms with E-state index in [9.17, 15) is 23.6 Å². The van der Waals surface area contributed by atoms with Crippen LogP contribution in [0.25, 0.3) is 10.9 Å². The maximum atomic E-state index is 13.1. The fourth-order valence-corrected chi connectivity index (χ4v) is 6.48. The van der Waals surface area contributed by atoms with Gasteiger partial charge in [-0.1, -0.05) is 48.5 Å². The van der Waals surface area contributed by atoms with E-state index in [1.807, 2.05) is 42.5 Å². The molecule has 0 amide bonds. The number of benzene rings is 4. The summed E-state index contributed by atoms with van der Waals surface area (Å²) in [5.41, 5.74) is 4.03. The maximum Gasteiger partial charge on any atom is 0.270 e. The van der Waals surface area contributed by atoms with Crippen LogP contribution in [0, 0.1) is 10.1 Å². The Hall–Kier alpha value is -5.04. The highest BCUT2D eigenvalue weighted by atomic mass is 32.2. The van der Waals surface area contributed by atoms with E-state index in [0.717, 1.165) is 44.4 Å². The van der Waals surface area contributed by atoms with E-state index in [2.05, 4.69) is 38.7 Å². The van der Waals surface area contributed by atoms with Gasteiger partial charge in [-0.15, -0.1) is 0 Å².